The monoisotopic (exact) mass is 363 g/mol. The fourth-order valence-corrected chi connectivity index (χ4v) is 3.11. The van der Waals surface area contributed by atoms with E-state index in [0.717, 1.165) is 55.1 Å². The molecule has 0 unspecified atom stereocenters. The van der Waals surface area contributed by atoms with Crippen molar-refractivity contribution < 1.29 is 19.1 Å². The number of carboxylic acids is 1. The molecular formula is C19H25NO4S. The highest BCUT2D eigenvalue weighted by Crippen LogP contribution is 2.21. The molecule has 0 saturated heterocycles. The van der Waals surface area contributed by atoms with Crippen molar-refractivity contribution in [1.29, 1.82) is 0 Å². The summed E-state index contributed by atoms with van der Waals surface area (Å²) in [5.41, 5.74) is 1.93. The Kier molecular flexibility index (Phi) is 8.55. The van der Waals surface area contributed by atoms with Gasteiger partial charge in [0.2, 0.25) is 5.89 Å². The van der Waals surface area contributed by atoms with E-state index in [-0.39, 0.29) is 5.75 Å². The highest BCUT2D eigenvalue weighted by Gasteiger charge is 2.10. The molecular weight excluding hydrogens is 338 g/mol. The number of hydrogen-bond acceptors (Lipinski definition) is 5. The summed E-state index contributed by atoms with van der Waals surface area (Å²) >= 11 is 1.47. The summed E-state index contributed by atoms with van der Waals surface area (Å²) in [7, 11) is 0. The third-order valence-electron chi connectivity index (χ3n) is 3.70. The van der Waals surface area contributed by atoms with Gasteiger partial charge in [0.15, 0.2) is 0 Å². The van der Waals surface area contributed by atoms with Gasteiger partial charge in [-0.1, -0.05) is 24.6 Å². The molecule has 0 radical (unpaired) electrons. The topological polar surface area (TPSA) is 72.6 Å². The first-order valence-corrected chi connectivity index (χ1v) is 9.71. The largest absolute Gasteiger partial charge is 0.481 e. The lowest BCUT2D eigenvalue weighted by atomic mass is 10.2. The van der Waals surface area contributed by atoms with Crippen LogP contribution in [-0.2, 0) is 16.0 Å². The predicted molar refractivity (Wildman–Crippen MR) is 100 cm³/mol. The van der Waals surface area contributed by atoms with Gasteiger partial charge in [-0.3, -0.25) is 4.79 Å². The van der Waals surface area contributed by atoms with Crippen molar-refractivity contribution in [3.8, 4) is 11.5 Å². The molecule has 5 nitrogen and oxygen atoms in total. The minimum absolute atomic E-state index is 0.193. The standard InChI is InChI=1S/C19H25NO4S/c1-15-17(20-19(24-15)16-8-4-2-5-9-16)10-12-23-11-6-3-7-13-25-14-18(21)22/h2,4-5,8-9H,3,6-7,10-14H2,1H3,(H,21,22). The number of nitrogens with zero attached hydrogens (tertiary/aromatic N) is 1. The van der Waals surface area contributed by atoms with E-state index in [1.54, 1.807) is 0 Å². The Balaban J connectivity index is 1.58. The summed E-state index contributed by atoms with van der Waals surface area (Å²) in [6.45, 7) is 3.30. The number of aliphatic carboxylic acids is 1. The fourth-order valence-electron chi connectivity index (χ4n) is 2.38. The number of aromatic nitrogens is 1. The number of hydrogen-bond donors (Lipinski definition) is 1. The number of rotatable bonds is 12. The zero-order valence-electron chi connectivity index (χ0n) is 14.6. The predicted octanol–water partition coefficient (Wildman–Crippen LogP) is 4.20. The summed E-state index contributed by atoms with van der Waals surface area (Å²) in [4.78, 5) is 14.9. The molecule has 0 saturated carbocycles. The minimum atomic E-state index is -0.744. The van der Waals surface area contributed by atoms with Crippen LogP contribution in [0.15, 0.2) is 34.7 Å². The molecule has 0 aliphatic heterocycles. The molecule has 1 heterocycles. The van der Waals surface area contributed by atoms with Gasteiger partial charge in [-0.05, 0) is 37.7 Å². The third kappa shape index (κ3) is 7.32. The van der Waals surface area contributed by atoms with Crippen molar-refractivity contribution in [2.75, 3.05) is 24.7 Å². The molecule has 0 amide bonds. The van der Waals surface area contributed by atoms with Crippen molar-refractivity contribution in [2.24, 2.45) is 0 Å². The van der Waals surface area contributed by atoms with E-state index < -0.39 is 5.97 Å². The molecule has 0 aliphatic carbocycles. The van der Waals surface area contributed by atoms with Gasteiger partial charge in [0.1, 0.15) is 5.76 Å². The lowest BCUT2D eigenvalue weighted by Gasteiger charge is -2.03. The van der Waals surface area contributed by atoms with Crippen LogP contribution in [0.2, 0.25) is 0 Å². The number of thioether (sulfide) groups is 1. The molecule has 0 bridgehead atoms. The smallest absolute Gasteiger partial charge is 0.313 e. The number of carboxylic acid groups (broad SMARTS) is 1. The molecule has 136 valence electrons. The third-order valence-corrected chi connectivity index (χ3v) is 4.73. The molecule has 2 rings (SSSR count). The summed E-state index contributed by atoms with van der Waals surface area (Å²) < 4.78 is 11.4. The fraction of sp³-hybridized carbons (Fsp3) is 0.474. The number of oxazole rings is 1. The Labute approximate surface area is 152 Å². The first-order chi connectivity index (χ1) is 12.2. The van der Waals surface area contributed by atoms with Gasteiger partial charge in [-0.15, -0.1) is 0 Å². The normalized spacial score (nSPS) is 10.9. The van der Waals surface area contributed by atoms with Crippen LogP contribution >= 0.6 is 11.8 Å². The van der Waals surface area contributed by atoms with Crippen molar-refractivity contribution >= 4 is 17.7 Å². The average molecular weight is 363 g/mol. The molecule has 0 spiro atoms. The maximum atomic E-state index is 10.4. The van der Waals surface area contributed by atoms with Crippen LogP contribution in [0.3, 0.4) is 0 Å². The number of unbranched alkanes of at least 4 members (excludes halogenated alkanes) is 2. The van der Waals surface area contributed by atoms with Crippen molar-refractivity contribution in [2.45, 2.75) is 32.6 Å². The van der Waals surface area contributed by atoms with Crippen LogP contribution in [0.5, 0.6) is 0 Å². The molecule has 25 heavy (non-hydrogen) atoms. The Morgan fingerprint density at radius 2 is 2.00 bits per heavy atom. The van der Waals surface area contributed by atoms with Crippen molar-refractivity contribution in [3.05, 3.63) is 41.8 Å². The highest BCUT2D eigenvalue weighted by atomic mass is 32.2. The van der Waals surface area contributed by atoms with E-state index in [2.05, 4.69) is 4.98 Å². The van der Waals surface area contributed by atoms with Crippen LogP contribution in [0.1, 0.15) is 30.7 Å². The Morgan fingerprint density at radius 3 is 2.76 bits per heavy atom. The lowest BCUT2D eigenvalue weighted by molar-refractivity contribution is -0.133. The Bertz CT molecular complexity index is 642. The summed E-state index contributed by atoms with van der Waals surface area (Å²) in [5, 5.41) is 8.54. The van der Waals surface area contributed by atoms with Gasteiger partial charge >= 0.3 is 5.97 Å². The van der Waals surface area contributed by atoms with Gasteiger partial charge in [0.25, 0.3) is 0 Å². The van der Waals surface area contributed by atoms with Gasteiger partial charge in [0, 0.05) is 18.6 Å². The Hall–Kier alpha value is -1.79. The average Bonchev–Trinajstić information content (AvgIpc) is 2.98. The zero-order valence-corrected chi connectivity index (χ0v) is 15.4. The van der Waals surface area contributed by atoms with Crippen LogP contribution in [-0.4, -0.2) is 40.8 Å². The van der Waals surface area contributed by atoms with Crippen LogP contribution in [0.25, 0.3) is 11.5 Å². The van der Waals surface area contributed by atoms with Crippen molar-refractivity contribution in [1.82, 2.24) is 4.98 Å². The van der Waals surface area contributed by atoms with E-state index in [1.807, 2.05) is 37.3 Å². The second-order valence-corrected chi connectivity index (χ2v) is 6.86. The molecule has 1 aromatic carbocycles. The molecule has 2 aromatic rings. The summed E-state index contributed by atoms with van der Waals surface area (Å²) in [5.74, 6) is 1.85. The van der Waals surface area contributed by atoms with Crippen molar-refractivity contribution in [3.63, 3.8) is 0 Å². The number of carbonyl (C=O) groups is 1. The second kappa shape index (κ2) is 10.9. The first kappa shape index (κ1) is 19.5. The SMILES string of the molecule is Cc1oc(-c2ccccc2)nc1CCOCCCCCSCC(=O)O. The zero-order chi connectivity index (χ0) is 17.9. The lowest BCUT2D eigenvalue weighted by Crippen LogP contribution is -2.02. The van der Waals surface area contributed by atoms with Gasteiger partial charge in [-0.2, -0.15) is 11.8 Å². The first-order valence-electron chi connectivity index (χ1n) is 8.56. The van der Waals surface area contributed by atoms with E-state index >= 15 is 0 Å². The van der Waals surface area contributed by atoms with Crippen LogP contribution in [0, 0.1) is 6.92 Å². The summed E-state index contributed by atoms with van der Waals surface area (Å²) in [6, 6.07) is 9.88. The quantitative estimate of drug-likeness (QED) is 0.570. The molecule has 1 N–H and O–H groups in total. The van der Waals surface area contributed by atoms with Crippen LogP contribution in [0.4, 0.5) is 0 Å². The molecule has 0 fully saturated rings. The number of benzene rings is 1. The van der Waals surface area contributed by atoms with E-state index in [4.69, 9.17) is 14.3 Å². The minimum Gasteiger partial charge on any atom is -0.481 e. The van der Waals surface area contributed by atoms with E-state index in [0.29, 0.717) is 12.5 Å². The number of ether oxygens (including phenoxy) is 1. The Morgan fingerprint density at radius 1 is 1.20 bits per heavy atom. The van der Waals surface area contributed by atoms with E-state index in [9.17, 15) is 4.79 Å². The summed E-state index contributed by atoms with van der Waals surface area (Å²) in [6.07, 6.45) is 3.84. The van der Waals surface area contributed by atoms with Gasteiger partial charge in [0.05, 0.1) is 18.1 Å². The molecule has 1 aromatic heterocycles. The second-order valence-electron chi connectivity index (χ2n) is 5.76. The van der Waals surface area contributed by atoms with Gasteiger partial charge < -0.3 is 14.3 Å². The maximum Gasteiger partial charge on any atom is 0.313 e. The van der Waals surface area contributed by atoms with Gasteiger partial charge in [-0.25, -0.2) is 4.98 Å². The van der Waals surface area contributed by atoms with E-state index in [1.165, 1.54) is 11.8 Å². The molecule has 0 aliphatic rings. The molecule has 6 heteroatoms. The highest BCUT2D eigenvalue weighted by molar-refractivity contribution is 7.99. The molecule has 0 atom stereocenters. The number of aryl methyl sites for hydroxylation is 1. The maximum absolute atomic E-state index is 10.4. The van der Waals surface area contributed by atoms with Crippen LogP contribution < -0.4 is 0 Å².